The highest BCUT2D eigenvalue weighted by atomic mass is 79.9. The largest absolute Gasteiger partial charge is 0.465 e. The van der Waals surface area contributed by atoms with Crippen LogP contribution in [0.1, 0.15) is 40.2 Å². The molecule has 5 heteroatoms. The fourth-order valence-corrected chi connectivity index (χ4v) is 3.56. The van der Waals surface area contributed by atoms with Crippen molar-refractivity contribution >= 4 is 27.6 Å². The van der Waals surface area contributed by atoms with Crippen molar-refractivity contribution in [2.24, 2.45) is 0 Å². The number of carbonyl (C=O) groups excluding carboxylic acids is 1. The van der Waals surface area contributed by atoms with E-state index in [2.05, 4.69) is 44.4 Å². The molecule has 0 aliphatic heterocycles. The lowest BCUT2D eigenvalue weighted by atomic mass is 9.83. The molecule has 1 aromatic carbocycles. The minimum atomic E-state index is -0.345. The first-order valence-electron chi connectivity index (χ1n) is 7.73. The van der Waals surface area contributed by atoms with Gasteiger partial charge in [-0.05, 0) is 48.6 Å². The average Bonchev–Trinajstić information content (AvgIpc) is 2.59. The molecule has 1 aliphatic carbocycles. The molecule has 1 atom stereocenters. The van der Waals surface area contributed by atoms with Crippen LogP contribution in [0.3, 0.4) is 0 Å². The number of anilines is 1. The Morgan fingerprint density at radius 3 is 3.13 bits per heavy atom. The molecule has 1 heterocycles. The van der Waals surface area contributed by atoms with Crippen LogP contribution in [-0.2, 0) is 11.2 Å². The number of halogens is 1. The Kier molecular flexibility index (Phi) is 4.96. The van der Waals surface area contributed by atoms with Gasteiger partial charge < -0.3 is 10.1 Å². The van der Waals surface area contributed by atoms with Gasteiger partial charge in [0.1, 0.15) is 0 Å². The first-order valence-corrected chi connectivity index (χ1v) is 8.53. The minimum Gasteiger partial charge on any atom is -0.465 e. The van der Waals surface area contributed by atoms with Crippen LogP contribution in [0.15, 0.2) is 41.1 Å². The van der Waals surface area contributed by atoms with Crippen LogP contribution in [0.4, 0.5) is 5.69 Å². The number of aromatic nitrogens is 1. The molecule has 0 fully saturated rings. The molecule has 120 valence electrons. The number of hydrogen-bond acceptors (Lipinski definition) is 4. The highest BCUT2D eigenvalue weighted by Gasteiger charge is 2.21. The quantitative estimate of drug-likeness (QED) is 0.816. The molecule has 1 aliphatic rings. The van der Waals surface area contributed by atoms with Crippen LogP contribution in [0, 0.1) is 0 Å². The van der Waals surface area contributed by atoms with Crippen molar-refractivity contribution in [2.45, 2.75) is 25.2 Å². The number of methoxy groups -OCH3 is 1. The summed E-state index contributed by atoms with van der Waals surface area (Å²) in [4.78, 5) is 15.9. The van der Waals surface area contributed by atoms with Crippen LogP contribution in [0.2, 0.25) is 0 Å². The van der Waals surface area contributed by atoms with E-state index in [0.29, 0.717) is 11.5 Å². The summed E-state index contributed by atoms with van der Waals surface area (Å²) >= 11 is 3.54. The van der Waals surface area contributed by atoms with Gasteiger partial charge >= 0.3 is 5.97 Å². The molecule has 4 nitrogen and oxygen atoms in total. The third kappa shape index (κ3) is 3.55. The number of esters is 1. The van der Waals surface area contributed by atoms with Gasteiger partial charge in [0, 0.05) is 23.1 Å². The van der Waals surface area contributed by atoms with Crippen molar-refractivity contribution < 1.29 is 9.53 Å². The van der Waals surface area contributed by atoms with E-state index < -0.39 is 0 Å². The second-order valence-corrected chi connectivity index (χ2v) is 6.64. The SMILES string of the molecule is COC(=O)c1ccncc1NCC1CCCc2cc(Br)ccc21. The minimum absolute atomic E-state index is 0.345. The predicted molar refractivity (Wildman–Crippen MR) is 93.9 cm³/mol. The second kappa shape index (κ2) is 7.13. The number of rotatable bonds is 4. The number of aryl methyl sites for hydroxylation is 1. The molecule has 0 amide bonds. The molecule has 2 aromatic rings. The van der Waals surface area contributed by atoms with E-state index in [1.165, 1.54) is 24.7 Å². The third-order valence-electron chi connectivity index (χ3n) is 4.31. The van der Waals surface area contributed by atoms with E-state index in [1.807, 2.05) is 0 Å². The molecular formula is C18H19BrN2O2. The number of ether oxygens (including phenoxy) is 1. The second-order valence-electron chi connectivity index (χ2n) is 5.73. The summed E-state index contributed by atoms with van der Waals surface area (Å²) in [7, 11) is 1.39. The highest BCUT2D eigenvalue weighted by molar-refractivity contribution is 9.10. The Morgan fingerprint density at radius 1 is 1.43 bits per heavy atom. The zero-order valence-corrected chi connectivity index (χ0v) is 14.6. The molecule has 1 unspecified atom stereocenters. The van der Waals surface area contributed by atoms with E-state index >= 15 is 0 Å². The number of hydrogen-bond donors (Lipinski definition) is 1. The fourth-order valence-electron chi connectivity index (χ4n) is 3.15. The summed E-state index contributed by atoms with van der Waals surface area (Å²) in [5.41, 5.74) is 4.06. The zero-order valence-electron chi connectivity index (χ0n) is 13.0. The third-order valence-corrected chi connectivity index (χ3v) is 4.80. The lowest BCUT2D eigenvalue weighted by Crippen LogP contribution is -2.19. The van der Waals surface area contributed by atoms with Gasteiger partial charge in [0.05, 0.1) is 24.6 Å². The van der Waals surface area contributed by atoms with E-state index in [0.717, 1.165) is 29.5 Å². The van der Waals surface area contributed by atoms with Crippen LogP contribution < -0.4 is 5.32 Å². The Labute approximate surface area is 144 Å². The summed E-state index contributed by atoms with van der Waals surface area (Å²) in [6.07, 6.45) is 6.75. The number of benzene rings is 1. The molecule has 1 aromatic heterocycles. The number of nitrogens with zero attached hydrogens (tertiary/aromatic N) is 1. The van der Waals surface area contributed by atoms with Gasteiger partial charge in [0.2, 0.25) is 0 Å². The van der Waals surface area contributed by atoms with Crippen molar-refractivity contribution in [1.29, 1.82) is 0 Å². The van der Waals surface area contributed by atoms with E-state index in [-0.39, 0.29) is 5.97 Å². The summed E-state index contributed by atoms with van der Waals surface area (Å²) < 4.78 is 5.96. The van der Waals surface area contributed by atoms with Crippen molar-refractivity contribution in [3.05, 3.63) is 57.8 Å². The fraction of sp³-hybridized carbons (Fsp3) is 0.333. The highest BCUT2D eigenvalue weighted by Crippen LogP contribution is 2.33. The van der Waals surface area contributed by atoms with Crippen LogP contribution >= 0.6 is 15.9 Å². The monoisotopic (exact) mass is 374 g/mol. The summed E-state index contributed by atoms with van der Waals surface area (Å²) in [6.45, 7) is 0.782. The number of pyridine rings is 1. The van der Waals surface area contributed by atoms with Crippen LogP contribution in [0.5, 0.6) is 0 Å². The van der Waals surface area contributed by atoms with E-state index in [1.54, 1.807) is 18.5 Å². The van der Waals surface area contributed by atoms with Crippen molar-refractivity contribution in [3.63, 3.8) is 0 Å². The van der Waals surface area contributed by atoms with E-state index in [4.69, 9.17) is 4.74 Å². The molecule has 1 N–H and O–H groups in total. The maximum Gasteiger partial charge on any atom is 0.340 e. The molecule has 23 heavy (non-hydrogen) atoms. The molecule has 0 spiro atoms. The van der Waals surface area contributed by atoms with Crippen molar-refractivity contribution in [2.75, 3.05) is 19.0 Å². The number of fused-ring (bicyclic) bond motifs is 1. The number of nitrogens with one attached hydrogen (secondary N) is 1. The van der Waals surface area contributed by atoms with Crippen LogP contribution in [0.25, 0.3) is 0 Å². The smallest absolute Gasteiger partial charge is 0.340 e. The molecular weight excluding hydrogens is 356 g/mol. The summed E-state index contributed by atoms with van der Waals surface area (Å²) in [5.74, 6) is 0.0976. The molecule has 0 bridgehead atoms. The lowest BCUT2D eigenvalue weighted by molar-refractivity contribution is 0.0601. The molecule has 3 rings (SSSR count). The predicted octanol–water partition coefficient (Wildman–Crippen LogP) is 4.16. The Morgan fingerprint density at radius 2 is 2.30 bits per heavy atom. The van der Waals surface area contributed by atoms with Gasteiger partial charge in [-0.1, -0.05) is 22.0 Å². The van der Waals surface area contributed by atoms with Gasteiger partial charge in [-0.2, -0.15) is 0 Å². The normalized spacial score (nSPS) is 16.5. The number of carbonyl (C=O) groups is 1. The van der Waals surface area contributed by atoms with Gasteiger partial charge in [0.25, 0.3) is 0 Å². The van der Waals surface area contributed by atoms with Gasteiger partial charge in [-0.3, -0.25) is 4.98 Å². The average molecular weight is 375 g/mol. The summed E-state index contributed by atoms with van der Waals surface area (Å²) in [6, 6.07) is 8.20. The Bertz CT molecular complexity index is 718. The topological polar surface area (TPSA) is 51.2 Å². The van der Waals surface area contributed by atoms with Crippen LogP contribution in [-0.4, -0.2) is 24.6 Å². The maximum atomic E-state index is 11.8. The molecule has 0 radical (unpaired) electrons. The zero-order chi connectivity index (χ0) is 16.2. The first-order chi connectivity index (χ1) is 11.2. The summed E-state index contributed by atoms with van der Waals surface area (Å²) in [5, 5.41) is 3.38. The Balaban J connectivity index is 1.77. The van der Waals surface area contributed by atoms with Gasteiger partial charge in [-0.15, -0.1) is 0 Å². The van der Waals surface area contributed by atoms with Gasteiger partial charge in [-0.25, -0.2) is 4.79 Å². The first kappa shape index (κ1) is 16.0. The van der Waals surface area contributed by atoms with Gasteiger partial charge in [0.15, 0.2) is 0 Å². The maximum absolute atomic E-state index is 11.8. The van der Waals surface area contributed by atoms with Crippen molar-refractivity contribution in [1.82, 2.24) is 4.98 Å². The lowest BCUT2D eigenvalue weighted by Gasteiger charge is -2.26. The molecule has 0 saturated carbocycles. The molecule has 0 saturated heterocycles. The van der Waals surface area contributed by atoms with Crippen molar-refractivity contribution in [3.8, 4) is 0 Å². The van der Waals surface area contributed by atoms with E-state index in [9.17, 15) is 4.79 Å². The standard InChI is InChI=1S/C18H19BrN2O2/c1-23-18(22)16-7-8-20-11-17(16)21-10-13-4-2-3-12-9-14(19)5-6-15(12)13/h5-9,11,13,21H,2-4,10H2,1H3. The Hall–Kier alpha value is -1.88.